The fourth-order valence-corrected chi connectivity index (χ4v) is 1.15. The van der Waals surface area contributed by atoms with E-state index < -0.39 is 0 Å². The predicted octanol–water partition coefficient (Wildman–Crippen LogP) is 2.97. The van der Waals surface area contributed by atoms with E-state index in [0.717, 1.165) is 19.5 Å². The zero-order chi connectivity index (χ0) is 9.40. The normalized spacial score (nSPS) is 11.0. The Balaban J connectivity index is 4.11. The molecule has 0 saturated carbocycles. The molecule has 0 saturated heterocycles. The van der Waals surface area contributed by atoms with Crippen LogP contribution in [0.25, 0.3) is 0 Å². The van der Waals surface area contributed by atoms with Crippen molar-refractivity contribution in [2.75, 3.05) is 13.1 Å². The minimum Gasteiger partial charge on any atom is -0.372 e. The van der Waals surface area contributed by atoms with Crippen molar-refractivity contribution in [3.8, 4) is 0 Å². The molecule has 0 unspecified atom stereocenters. The van der Waals surface area contributed by atoms with Crippen molar-refractivity contribution in [1.82, 2.24) is 4.90 Å². The van der Waals surface area contributed by atoms with Crippen molar-refractivity contribution in [2.24, 2.45) is 0 Å². The van der Waals surface area contributed by atoms with Gasteiger partial charge in [-0.3, -0.25) is 0 Å². The lowest BCUT2D eigenvalue weighted by Gasteiger charge is -2.23. The standard InChI is InChI=1S/C11H19N/c1-5-9-10-12(8-4)11(6-2)7-3/h5-7H,1-2,8-10H2,3-4H3/b11-7+. The molecule has 0 aromatic rings. The highest BCUT2D eigenvalue weighted by Crippen LogP contribution is 2.05. The number of nitrogens with zero attached hydrogens (tertiary/aromatic N) is 1. The Morgan fingerprint density at radius 2 is 2.08 bits per heavy atom. The van der Waals surface area contributed by atoms with E-state index in [2.05, 4.69) is 31.1 Å². The average Bonchev–Trinajstić information content (AvgIpc) is 2.12. The summed E-state index contributed by atoms with van der Waals surface area (Å²) in [5.74, 6) is 0. The molecule has 0 fully saturated rings. The smallest absolute Gasteiger partial charge is 0.0316 e. The van der Waals surface area contributed by atoms with Gasteiger partial charge in [-0.1, -0.05) is 18.7 Å². The third-order valence-electron chi connectivity index (χ3n) is 1.85. The van der Waals surface area contributed by atoms with Crippen molar-refractivity contribution < 1.29 is 0 Å². The molecule has 1 heteroatoms. The number of rotatable bonds is 6. The molecule has 0 amide bonds. The minimum atomic E-state index is 1.03. The van der Waals surface area contributed by atoms with Gasteiger partial charge in [0.1, 0.15) is 0 Å². The molecule has 0 aliphatic carbocycles. The Hall–Kier alpha value is -0.980. The molecule has 0 spiro atoms. The Labute approximate surface area is 76.1 Å². The summed E-state index contributed by atoms with van der Waals surface area (Å²) in [6, 6.07) is 0. The lowest BCUT2D eigenvalue weighted by Crippen LogP contribution is -2.22. The fraction of sp³-hybridized carbons (Fsp3) is 0.455. The summed E-state index contributed by atoms with van der Waals surface area (Å²) in [7, 11) is 0. The highest BCUT2D eigenvalue weighted by molar-refractivity contribution is 5.13. The van der Waals surface area contributed by atoms with Gasteiger partial charge in [-0.15, -0.1) is 6.58 Å². The van der Waals surface area contributed by atoms with Crippen molar-refractivity contribution in [2.45, 2.75) is 20.3 Å². The molecule has 0 bridgehead atoms. The van der Waals surface area contributed by atoms with E-state index in [0.29, 0.717) is 0 Å². The summed E-state index contributed by atoms with van der Waals surface area (Å²) >= 11 is 0. The first-order chi connectivity index (χ1) is 5.79. The van der Waals surface area contributed by atoms with Gasteiger partial charge in [-0.05, 0) is 26.3 Å². The van der Waals surface area contributed by atoms with E-state index in [1.54, 1.807) is 0 Å². The van der Waals surface area contributed by atoms with Crippen molar-refractivity contribution >= 4 is 0 Å². The number of hydrogen-bond donors (Lipinski definition) is 0. The first-order valence-corrected chi connectivity index (χ1v) is 4.44. The molecule has 68 valence electrons. The maximum Gasteiger partial charge on any atom is 0.0316 e. The van der Waals surface area contributed by atoms with Gasteiger partial charge in [0, 0.05) is 18.8 Å². The van der Waals surface area contributed by atoms with Gasteiger partial charge >= 0.3 is 0 Å². The summed E-state index contributed by atoms with van der Waals surface area (Å²) in [5, 5.41) is 0. The van der Waals surface area contributed by atoms with Gasteiger partial charge in [0.2, 0.25) is 0 Å². The van der Waals surface area contributed by atoms with Gasteiger partial charge < -0.3 is 4.90 Å². The van der Waals surface area contributed by atoms with Gasteiger partial charge in [0.15, 0.2) is 0 Å². The maximum atomic E-state index is 3.77. The lowest BCUT2D eigenvalue weighted by atomic mass is 10.3. The summed E-state index contributed by atoms with van der Waals surface area (Å²) in [6.07, 6.45) is 6.95. The molecule has 0 radical (unpaired) electrons. The third kappa shape index (κ3) is 3.42. The van der Waals surface area contributed by atoms with E-state index >= 15 is 0 Å². The molecular weight excluding hydrogens is 146 g/mol. The second-order valence-corrected chi connectivity index (χ2v) is 2.57. The highest BCUT2D eigenvalue weighted by atomic mass is 15.1. The van der Waals surface area contributed by atoms with Crippen molar-refractivity contribution in [3.63, 3.8) is 0 Å². The Bertz CT molecular complexity index is 168. The molecule has 1 nitrogen and oxygen atoms in total. The summed E-state index contributed by atoms with van der Waals surface area (Å²) in [6.45, 7) is 13.7. The number of hydrogen-bond acceptors (Lipinski definition) is 1. The summed E-state index contributed by atoms with van der Waals surface area (Å²) in [5.41, 5.74) is 1.21. The van der Waals surface area contributed by atoms with Crippen molar-refractivity contribution in [3.05, 3.63) is 37.1 Å². The van der Waals surface area contributed by atoms with Crippen LogP contribution in [0.3, 0.4) is 0 Å². The molecule has 0 aromatic carbocycles. The Kier molecular flexibility index (Phi) is 6.16. The van der Waals surface area contributed by atoms with E-state index in [9.17, 15) is 0 Å². The van der Waals surface area contributed by atoms with E-state index in [4.69, 9.17) is 0 Å². The lowest BCUT2D eigenvalue weighted by molar-refractivity contribution is 0.380. The molecule has 0 heterocycles. The fourth-order valence-electron chi connectivity index (χ4n) is 1.15. The van der Waals surface area contributed by atoms with Crippen LogP contribution in [0.15, 0.2) is 37.1 Å². The van der Waals surface area contributed by atoms with Gasteiger partial charge in [0.25, 0.3) is 0 Å². The molecule has 0 atom stereocenters. The van der Waals surface area contributed by atoms with Crippen molar-refractivity contribution in [1.29, 1.82) is 0 Å². The van der Waals surface area contributed by atoms with Crippen LogP contribution in [0.2, 0.25) is 0 Å². The van der Waals surface area contributed by atoms with Crippen LogP contribution in [-0.2, 0) is 0 Å². The predicted molar refractivity (Wildman–Crippen MR) is 56.0 cm³/mol. The van der Waals surface area contributed by atoms with E-state index in [1.807, 2.05) is 19.1 Å². The van der Waals surface area contributed by atoms with Crippen LogP contribution in [0.1, 0.15) is 20.3 Å². The first-order valence-electron chi connectivity index (χ1n) is 4.44. The monoisotopic (exact) mass is 165 g/mol. The zero-order valence-corrected chi connectivity index (χ0v) is 8.21. The van der Waals surface area contributed by atoms with E-state index in [1.165, 1.54) is 5.70 Å². The van der Waals surface area contributed by atoms with Crippen LogP contribution >= 0.6 is 0 Å². The second-order valence-electron chi connectivity index (χ2n) is 2.57. The van der Waals surface area contributed by atoms with Crippen LogP contribution in [0, 0.1) is 0 Å². The first kappa shape index (κ1) is 11.0. The molecule has 0 rings (SSSR count). The Morgan fingerprint density at radius 1 is 1.42 bits per heavy atom. The summed E-state index contributed by atoms with van der Waals surface area (Å²) < 4.78 is 0. The molecule has 0 aliphatic rings. The number of likely N-dealkylation sites (N-methyl/N-ethyl adjacent to an activating group) is 1. The van der Waals surface area contributed by atoms with Gasteiger partial charge in [-0.2, -0.15) is 0 Å². The van der Waals surface area contributed by atoms with Crippen LogP contribution in [0.4, 0.5) is 0 Å². The minimum absolute atomic E-state index is 1.03. The van der Waals surface area contributed by atoms with Gasteiger partial charge in [0.05, 0.1) is 0 Å². The molecule has 0 aromatic heterocycles. The van der Waals surface area contributed by atoms with Crippen LogP contribution in [0.5, 0.6) is 0 Å². The average molecular weight is 165 g/mol. The maximum absolute atomic E-state index is 3.77. The largest absolute Gasteiger partial charge is 0.372 e. The Morgan fingerprint density at radius 3 is 2.42 bits per heavy atom. The second kappa shape index (κ2) is 6.71. The molecule has 0 N–H and O–H groups in total. The topological polar surface area (TPSA) is 3.24 Å². The number of allylic oxidation sites excluding steroid dienone is 2. The quantitative estimate of drug-likeness (QED) is 0.432. The van der Waals surface area contributed by atoms with Crippen LogP contribution in [-0.4, -0.2) is 18.0 Å². The molecule has 0 aliphatic heterocycles. The SMILES string of the molecule is C=CCCN(CC)/C(C=C)=C/C. The summed E-state index contributed by atoms with van der Waals surface area (Å²) in [4.78, 5) is 2.29. The zero-order valence-electron chi connectivity index (χ0n) is 8.21. The third-order valence-corrected chi connectivity index (χ3v) is 1.85. The highest BCUT2D eigenvalue weighted by Gasteiger charge is 2.00. The van der Waals surface area contributed by atoms with Crippen LogP contribution < -0.4 is 0 Å². The van der Waals surface area contributed by atoms with E-state index in [-0.39, 0.29) is 0 Å². The molecule has 12 heavy (non-hydrogen) atoms. The van der Waals surface area contributed by atoms with Gasteiger partial charge in [-0.25, -0.2) is 0 Å². The molecular formula is C11H19N.